The second-order valence-electron chi connectivity index (χ2n) is 4.54. The highest BCUT2D eigenvalue weighted by Crippen LogP contribution is 2.37. The number of ether oxygens (including phenoxy) is 1. The quantitative estimate of drug-likeness (QED) is 0.870. The summed E-state index contributed by atoms with van der Waals surface area (Å²) in [5.41, 5.74) is 7.12. The number of rotatable bonds is 3. The molecule has 2 rings (SSSR count). The fourth-order valence-corrected chi connectivity index (χ4v) is 1.88. The van der Waals surface area contributed by atoms with Crippen LogP contribution in [-0.4, -0.2) is 12.5 Å². The van der Waals surface area contributed by atoms with Crippen molar-refractivity contribution in [3.05, 3.63) is 22.7 Å². The third-order valence-corrected chi connectivity index (χ3v) is 2.85. The molecular weight excluding hydrogens is 240 g/mol. The highest BCUT2D eigenvalue weighted by Gasteiger charge is 2.28. The third kappa shape index (κ3) is 2.37. The summed E-state index contributed by atoms with van der Waals surface area (Å²) in [4.78, 5) is 11.4. The van der Waals surface area contributed by atoms with Crippen LogP contribution in [0.15, 0.2) is 12.1 Å². The van der Waals surface area contributed by atoms with Crippen molar-refractivity contribution in [2.24, 2.45) is 11.7 Å². The Hall–Kier alpha value is -1.26. The average molecular weight is 255 g/mol. The van der Waals surface area contributed by atoms with Gasteiger partial charge in [-0.15, -0.1) is 0 Å². The van der Waals surface area contributed by atoms with Gasteiger partial charge in [0.1, 0.15) is 11.8 Å². The van der Waals surface area contributed by atoms with E-state index in [4.69, 9.17) is 22.1 Å². The molecule has 3 N–H and O–H groups in total. The molecule has 0 spiro atoms. The van der Waals surface area contributed by atoms with Gasteiger partial charge in [0.25, 0.3) is 0 Å². The SMILES string of the molecule is CC(C)COc1cc2c(cc1Cl)C(N)C(=O)N2. The van der Waals surface area contributed by atoms with Crippen molar-refractivity contribution < 1.29 is 9.53 Å². The molecule has 0 aliphatic carbocycles. The molecule has 4 nitrogen and oxygen atoms in total. The van der Waals surface area contributed by atoms with Gasteiger partial charge in [-0.2, -0.15) is 0 Å². The molecule has 17 heavy (non-hydrogen) atoms. The van der Waals surface area contributed by atoms with Gasteiger partial charge < -0.3 is 15.8 Å². The summed E-state index contributed by atoms with van der Waals surface area (Å²) >= 11 is 6.08. The Kier molecular flexibility index (Phi) is 3.26. The van der Waals surface area contributed by atoms with E-state index in [0.717, 1.165) is 5.56 Å². The lowest BCUT2D eigenvalue weighted by atomic mass is 10.1. The van der Waals surface area contributed by atoms with Crippen molar-refractivity contribution in [3.8, 4) is 5.75 Å². The molecule has 0 saturated carbocycles. The smallest absolute Gasteiger partial charge is 0.245 e. The van der Waals surface area contributed by atoms with Crippen LogP contribution in [0, 0.1) is 5.92 Å². The number of fused-ring (bicyclic) bond motifs is 1. The predicted molar refractivity (Wildman–Crippen MR) is 67.3 cm³/mol. The van der Waals surface area contributed by atoms with Gasteiger partial charge in [0.2, 0.25) is 5.91 Å². The van der Waals surface area contributed by atoms with Gasteiger partial charge in [0.15, 0.2) is 0 Å². The lowest BCUT2D eigenvalue weighted by Gasteiger charge is -2.12. The normalized spacial score (nSPS) is 18.2. The number of nitrogens with two attached hydrogens (primary N) is 1. The summed E-state index contributed by atoms with van der Waals surface area (Å²) in [6.07, 6.45) is 0. The molecule has 0 radical (unpaired) electrons. The van der Waals surface area contributed by atoms with Gasteiger partial charge in [0, 0.05) is 17.3 Å². The summed E-state index contributed by atoms with van der Waals surface area (Å²) in [7, 11) is 0. The van der Waals surface area contributed by atoms with Crippen LogP contribution in [0.4, 0.5) is 5.69 Å². The average Bonchev–Trinajstić information content (AvgIpc) is 2.52. The van der Waals surface area contributed by atoms with Crippen molar-refractivity contribution in [2.75, 3.05) is 11.9 Å². The van der Waals surface area contributed by atoms with E-state index in [1.807, 2.05) is 0 Å². The molecule has 1 atom stereocenters. The maximum absolute atomic E-state index is 11.4. The van der Waals surface area contributed by atoms with Crippen LogP contribution in [-0.2, 0) is 4.79 Å². The number of nitrogens with one attached hydrogen (secondary N) is 1. The molecule has 0 saturated heterocycles. The summed E-state index contributed by atoms with van der Waals surface area (Å²) in [6.45, 7) is 4.69. The molecule has 1 aliphatic rings. The van der Waals surface area contributed by atoms with Crippen LogP contribution in [0.2, 0.25) is 5.02 Å². The van der Waals surface area contributed by atoms with Gasteiger partial charge in [-0.25, -0.2) is 0 Å². The van der Waals surface area contributed by atoms with Gasteiger partial charge in [-0.1, -0.05) is 25.4 Å². The number of carbonyl (C=O) groups is 1. The molecule has 0 bridgehead atoms. The Morgan fingerprint density at radius 1 is 1.53 bits per heavy atom. The molecule has 0 fully saturated rings. The van der Waals surface area contributed by atoms with Crippen molar-refractivity contribution in [1.82, 2.24) is 0 Å². The zero-order chi connectivity index (χ0) is 12.6. The fraction of sp³-hybridized carbons (Fsp3) is 0.417. The summed E-state index contributed by atoms with van der Waals surface area (Å²) in [5, 5.41) is 3.18. The van der Waals surface area contributed by atoms with Gasteiger partial charge in [-0.3, -0.25) is 4.79 Å². The number of hydrogen-bond acceptors (Lipinski definition) is 3. The number of anilines is 1. The zero-order valence-electron chi connectivity index (χ0n) is 9.79. The van der Waals surface area contributed by atoms with Crippen molar-refractivity contribution in [2.45, 2.75) is 19.9 Å². The van der Waals surface area contributed by atoms with Crippen molar-refractivity contribution in [1.29, 1.82) is 0 Å². The number of benzene rings is 1. The minimum absolute atomic E-state index is 0.211. The maximum Gasteiger partial charge on any atom is 0.245 e. The first-order valence-electron chi connectivity index (χ1n) is 5.51. The first-order valence-corrected chi connectivity index (χ1v) is 5.89. The summed E-state index contributed by atoms with van der Waals surface area (Å²) in [5.74, 6) is 0.779. The highest BCUT2D eigenvalue weighted by atomic mass is 35.5. The van der Waals surface area contributed by atoms with E-state index in [-0.39, 0.29) is 5.91 Å². The lowest BCUT2D eigenvalue weighted by Crippen LogP contribution is -2.19. The van der Waals surface area contributed by atoms with Crippen LogP contribution in [0.3, 0.4) is 0 Å². The third-order valence-electron chi connectivity index (χ3n) is 2.55. The monoisotopic (exact) mass is 254 g/mol. The second-order valence-corrected chi connectivity index (χ2v) is 4.95. The Balaban J connectivity index is 2.27. The Bertz CT molecular complexity index is 460. The Morgan fingerprint density at radius 2 is 2.24 bits per heavy atom. The molecule has 0 aromatic heterocycles. The van der Waals surface area contributed by atoms with Gasteiger partial charge in [0.05, 0.1) is 11.6 Å². The van der Waals surface area contributed by atoms with E-state index in [1.54, 1.807) is 12.1 Å². The maximum atomic E-state index is 11.4. The first-order chi connectivity index (χ1) is 7.99. The predicted octanol–water partition coefficient (Wildman–Crippen LogP) is 2.33. The van der Waals surface area contributed by atoms with Crippen LogP contribution < -0.4 is 15.8 Å². The van der Waals surface area contributed by atoms with Crippen LogP contribution >= 0.6 is 11.6 Å². The van der Waals surface area contributed by atoms with E-state index in [1.165, 1.54) is 0 Å². The Labute approximate surface area is 105 Å². The molecule has 5 heteroatoms. The molecule has 1 aliphatic heterocycles. The molecule has 1 unspecified atom stereocenters. The van der Waals surface area contributed by atoms with E-state index in [9.17, 15) is 4.79 Å². The number of carbonyl (C=O) groups excluding carboxylic acids is 1. The molecule has 1 amide bonds. The summed E-state index contributed by atoms with van der Waals surface area (Å²) < 4.78 is 5.57. The minimum Gasteiger partial charge on any atom is -0.492 e. The van der Waals surface area contributed by atoms with E-state index < -0.39 is 6.04 Å². The van der Waals surface area contributed by atoms with Crippen molar-refractivity contribution in [3.63, 3.8) is 0 Å². The lowest BCUT2D eigenvalue weighted by molar-refractivity contribution is -0.116. The second kappa shape index (κ2) is 4.55. The molecular formula is C12H15ClN2O2. The highest BCUT2D eigenvalue weighted by molar-refractivity contribution is 6.32. The number of halogens is 1. The van der Waals surface area contributed by atoms with Crippen LogP contribution in [0.25, 0.3) is 0 Å². The Morgan fingerprint density at radius 3 is 2.88 bits per heavy atom. The van der Waals surface area contributed by atoms with E-state index in [2.05, 4.69) is 19.2 Å². The van der Waals surface area contributed by atoms with Gasteiger partial charge in [-0.05, 0) is 12.0 Å². The zero-order valence-corrected chi connectivity index (χ0v) is 10.5. The van der Waals surface area contributed by atoms with Gasteiger partial charge >= 0.3 is 0 Å². The molecule has 1 heterocycles. The van der Waals surface area contributed by atoms with Crippen molar-refractivity contribution >= 4 is 23.2 Å². The number of amides is 1. The fourth-order valence-electron chi connectivity index (χ4n) is 1.65. The van der Waals surface area contributed by atoms with Crippen LogP contribution in [0.5, 0.6) is 5.75 Å². The molecule has 92 valence electrons. The standard InChI is InChI=1S/C12H15ClN2O2/c1-6(2)5-17-10-4-9-7(3-8(10)13)11(14)12(16)15-9/h3-4,6,11H,5,14H2,1-2H3,(H,15,16). The van der Waals surface area contributed by atoms with Crippen LogP contribution in [0.1, 0.15) is 25.5 Å². The van der Waals surface area contributed by atoms with E-state index >= 15 is 0 Å². The van der Waals surface area contributed by atoms with E-state index in [0.29, 0.717) is 29.0 Å². The topological polar surface area (TPSA) is 64.3 Å². The minimum atomic E-state index is -0.637. The largest absolute Gasteiger partial charge is 0.492 e. The number of hydrogen-bond donors (Lipinski definition) is 2. The summed E-state index contributed by atoms with van der Waals surface area (Å²) in [6, 6.07) is 2.78. The first kappa shape index (κ1) is 12.2. The molecule has 1 aromatic rings. The molecule has 1 aromatic carbocycles.